The predicted molar refractivity (Wildman–Crippen MR) is 89.1 cm³/mol. The van der Waals surface area contributed by atoms with Crippen molar-refractivity contribution in [2.24, 2.45) is 0 Å². The van der Waals surface area contributed by atoms with Crippen LogP contribution in [0.15, 0.2) is 30.3 Å². The largest absolute Gasteiger partial charge is 0.376 e. The van der Waals surface area contributed by atoms with Crippen molar-refractivity contribution in [3.05, 3.63) is 35.9 Å². The van der Waals surface area contributed by atoms with Crippen molar-refractivity contribution in [2.75, 3.05) is 19.7 Å². The van der Waals surface area contributed by atoms with Gasteiger partial charge in [0.15, 0.2) is 0 Å². The zero-order valence-electron chi connectivity index (χ0n) is 12.9. The normalized spacial score (nSPS) is 23.7. The van der Waals surface area contributed by atoms with Gasteiger partial charge in [-0.3, -0.25) is 4.79 Å². The van der Waals surface area contributed by atoms with E-state index >= 15 is 0 Å². The molecule has 0 aliphatic carbocycles. The summed E-state index contributed by atoms with van der Waals surface area (Å²) in [6, 6.07) is 11.2. The Bertz CT molecular complexity index is 469. The van der Waals surface area contributed by atoms with Crippen LogP contribution in [0.1, 0.15) is 31.2 Å². The molecule has 2 atom stereocenters. The molecule has 0 spiro atoms. The highest BCUT2D eigenvalue weighted by atomic mass is 35.5. The first kappa shape index (κ1) is 17.3. The van der Waals surface area contributed by atoms with Crippen molar-refractivity contribution in [1.29, 1.82) is 0 Å². The van der Waals surface area contributed by atoms with Crippen molar-refractivity contribution >= 4 is 18.3 Å². The van der Waals surface area contributed by atoms with E-state index in [0.29, 0.717) is 31.7 Å². The fourth-order valence-corrected chi connectivity index (χ4v) is 3.25. The van der Waals surface area contributed by atoms with E-state index in [9.17, 15) is 4.79 Å². The van der Waals surface area contributed by atoms with E-state index < -0.39 is 0 Å². The Morgan fingerprint density at radius 3 is 2.77 bits per heavy atom. The summed E-state index contributed by atoms with van der Waals surface area (Å²) in [5.74, 6) is 0.234. The summed E-state index contributed by atoms with van der Waals surface area (Å²) >= 11 is 0. The van der Waals surface area contributed by atoms with E-state index in [4.69, 9.17) is 4.74 Å². The molecule has 122 valence electrons. The van der Waals surface area contributed by atoms with Gasteiger partial charge in [-0.05, 0) is 24.8 Å². The zero-order chi connectivity index (χ0) is 14.5. The molecular weight excluding hydrogens is 300 g/mol. The van der Waals surface area contributed by atoms with Crippen molar-refractivity contribution in [1.82, 2.24) is 10.2 Å². The molecule has 1 N–H and O–H groups in total. The lowest BCUT2D eigenvalue weighted by Crippen LogP contribution is -2.39. The lowest BCUT2D eigenvalue weighted by atomic mass is 10.1. The van der Waals surface area contributed by atoms with Crippen LogP contribution in [0, 0.1) is 0 Å². The lowest BCUT2D eigenvalue weighted by molar-refractivity contribution is -0.132. The number of benzene rings is 1. The minimum absolute atomic E-state index is 0. The number of carbonyl (C=O) groups is 1. The molecular formula is C17H25ClN2O2. The Hall–Kier alpha value is -1.10. The van der Waals surface area contributed by atoms with E-state index in [1.165, 1.54) is 12.8 Å². The van der Waals surface area contributed by atoms with Gasteiger partial charge in [0.2, 0.25) is 5.91 Å². The molecule has 2 aliphatic heterocycles. The minimum Gasteiger partial charge on any atom is -0.376 e. The molecule has 0 aromatic heterocycles. The standard InChI is InChI=1S/C17H24N2O2.ClH/c20-17(9-11-21-13-14-4-2-1-3-5-14)19-10-8-15-6-7-16(12-19)18-15;/h1-5,15-16,18H,6-13H2;1H. The quantitative estimate of drug-likeness (QED) is 0.845. The van der Waals surface area contributed by atoms with Crippen molar-refractivity contribution in [3.8, 4) is 0 Å². The Kier molecular flexibility index (Phi) is 6.68. The Morgan fingerprint density at radius 2 is 1.95 bits per heavy atom. The molecule has 2 heterocycles. The lowest BCUT2D eigenvalue weighted by Gasteiger charge is -2.24. The molecule has 1 aromatic carbocycles. The van der Waals surface area contributed by atoms with Gasteiger partial charge in [-0.25, -0.2) is 0 Å². The average Bonchev–Trinajstić information content (AvgIpc) is 2.84. The van der Waals surface area contributed by atoms with Crippen LogP contribution in [-0.2, 0) is 16.1 Å². The number of fused-ring (bicyclic) bond motifs is 2. The fourth-order valence-electron chi connectivity index (χ4n) is 3.25. The van der Waals surface area contributed by atoms with E-state index in [1.54, 1.807) is 0 Å². The van der Waals surface area contributed by atoms with Gasteiger partial charge in [-0.15, -0.1) is 12.4 Å². The van der Waals surface area contributed by atoms with Crippen molar-refractivity contribution < 1.29 is 9.53 Å². The van der Waals surface area contributed by atoms with Gasteiger partial charge >= 0.3 is 0 Å². The summed E-state index contributed by atoms with van der Waals surface area (Å²) in [7, 11) is 0. The maximum absolute atomic E-state index is 12.3. The topological polar surface area (TPSA) is 41.6 Å². The van der Waals surface area contributed by atoms with Crippen LogP contribution in [-0.4, -0.2) is 42.6 Å². The van der Waals surface area contributed by atoms with Gasteiger partial charge in [0.05, 0.1) is 19.6 Å². The van der Waals surface area contributed by atoms with Gasteiger partial charge in [-0.1, -0.05) is 30.3 Å². The van der Waals surface area contributed by atoms with Gasteiger partial charge < -0.3 is 15.0 Å². The van der Waals surface area contributed by atoms with E-state index in [1.807, 2.05) is 35.2 Å². The molecule has 0 radical (unpaired) electrons. The third-order valence-corrected chi connectivity index (χ3v) is 4.45. The molecule has 22 heavy (non-hydrogen) atoms. The number of nitrogens with zero attached hydrogens (tertiary/aromatic N) is 1. The molecule has 2 fully saturated rings. The monoisotopic (exact) mass is 324 g/mol. The van der Waals surface area contributed by atoms with Crippen LogP contribution in [0.3, 0.4) is 0 Å². The number of likely N-dealkylation sites (tertiary alicyclic amines) is 1. The molecule has 2 unspecified atom stereocenters. The maximum atomic E-state index is 12.3. The van der Waals surface area contributed by atoms with Crippen LogP contribution in [0.25, 0.3) is 0 Å². The number of hydrogen-bond donors (Lipinski definition) is 1. The zero-order valence-corrected chi connectivity index (χ0v) is 13.7. The molecule has 1 amide bonds. The van der Waals surface area contributed by atoms with Crippen molar-refractivity contribution in [3.63, 3.8) is 0 Å². The summed E-state index contributed by atoms with van der Waals surface area (Å²) in [4.78, 5) is 14.3. The Labute approximate surface area is 138 Å². The maximum Gasteiger partial charge on any atom is 0.224 e. The third kappa shape index (κ3) is 4.70. The smallest absolute Gasteiger partial charge is 0.224 e. The average molecular weight is 325 g/mol. The second kappa shape index (κ2) is 8.51. The van der Waals surface area contributed by atoms with Gasteiger partial charge in [0.1, 0.15) is 0 Å². The van der Waals surface area contributed by atoms with Gasteiger partial charge in [0, 0.05) is 25.2 Å². The van der Waals surface area contributed by atoms with Crippen LogP contribution in [0.2, 0.25) is 0 Å². The first-order valence-corrected chi connectivity index (χ1v) is 7.97. The number of nitrogens with one attached hydrogen (secondary N) is 1. The van der Waals surface area contributed by atoms with Crippen LogP contribution in [0.4, 0.5) is 0 Å². The molecule has 4 nitrogen and oxygen atoms in total. The van der Waals surface area contributed by atoms with E-state index in [0.717, 1.165) is 25.1 Å². The summed E-state index contributed by atoms with van der Waals surface area (Å²) in [6.07, 6.45) is 4.06. The first-order valence-electron chi connectivity index (χ1n) is 7.97. The highest BCUT2D eigenvalue weighted by molar-refractivity contribution is 5.85. The number of carbonyl (C=O) groups excluding carboxylic acids is 1. The van der Waals surface area contributed by atoms with Crippen LogP contribution < -0.4 is 5.32 Å². The number of hydrogen-bond acceptors (Lipinski definition) is 3. The highest BCUT2D eigenvalue weighted by Gasteiger charge is 2.30. The molecule has 0 saturated carbocycles. The first-order chi connectivity index (χ1) is 10.3. The number of rotatable bonds is 5. The van der Waals surface area contributed by atoms with E-state index in [-0.39, 0.29) is 18.3 Å². The highest BCUT2D eigenvalue weighted by Crippen LogP contribution is 2.20. The predicted octanol–water partition coefficient (Wildman–Crippen LogP) is 2.37. The molecule has 2 bridgehead atoms. The summed E-state index contributed by atoms with van der Waals surface area (Å²) in [6.45, 7) is 2.85. The molecule has 2 saturated heterocycles. The third-order valence-electron chi connectivity index (χ3n) is 4.45. The van der Waals surface area contributed by atoms with Gasteiger partial charge in [0.25, 0.3) is 0 Å². The number of amides is 1. The molecule has 3 rings (SSSR count). The van der Waals surface area contributed by atoms with Crippen molar-refractivity contribution in [2.45, 2.75) is 44.4 Å². The fraction of sp³-hybridized carbons (Fsp3) is 0.588. The number of ether oxygens (including phenoxy) is 1. The summed E-state index contributed by atoms with van der Waals surface area (Å²) in [5.41, 5.74) is 1.15. The second-order valence-electron chi connectivity index (χ2n) is 6.05. The van der Waals surface area contributed by atoms with E-state index in [2.05, 4.69) is 5.32 Å². The summed E-state index contributed by atoms with van der Waals surface area (Å²) < 4.78 is 5.61. The Morgan fingerprint density at radius 1 is 1.18 bits per heavy atom. The second-order valence-corrected chi connectivity index (χ2v) is 6.05. The Balaban J connectivity index is 0.00000176. The van der Waals surface area contributed by atoms with Gasteiger partial charge in [-0.2, -0.15) is 0 Å². The summed E-state index contributed by atoms with van der Waals surface area (Å²) in [5, 5.41) is 3.60. The van der Waals surface area contributed by atoms with Crippen LogP contribution >= 0.6 is 12.4 Å². The molecule has 5 heteroatoms. The SMILES string of the molecule is Cl.O=C(CCOCc1ccccc1)N1CCC2CCC(C1)N2. The molecule has 1 aromatic rings. The minimum atomic E-state index is 0. The van der Waals surface area contributed by atoms with Crippen LogP contribution in [0.5, 0.6) is 0 Å². The molecule has 2 aliphatic rings. The number of halogens is 1.